The molecule has 4 rings (SSSR count). The lowest BCUT2D eigenvalue weighted by molar-refractivity contribution is -0.118. The van der Waals surface area contributed by atoms with E-state index in [9.17, 15) is 4.79 Å². The molecule has 0 fully saturated rings. The second-order valence-corrected chi connectivity index (χ2v) is 6.54. The van der Waals surface area contributed by atoms with Gasteiger partial charge in [-0.15, -0.1) is 0 Å². The number of anilines is 1. The highest BCUT2D eigenvalue weighted by molar-refractivity contribution is 5.94. The number of amides is 1. The molecule has 0 radical (unpaired) electrons. The number of nitrogens with zero attached hydrogens (tertiary/aromatic N) is 3. The van der Waals surface area contributed by atoms with Crippen molar-refractivity contribution in [3.8, 4) is 0 Å². The van der Waals surface area contributed by atoms with Crippen LogP contribution in [0.3, 0.4) is 0 Å². The largest absolute Gasteiger partial charge is 0.339 e. The maximum atomic E-state index is 12.7. The van der Waals surface area contributed by atoms with Crippen LogP contribution in [0.4, 0.5) is 5.69 Å². The maximum Gasteiger partial charge on any atom is 0.227 e. The molecule has 0 saturated carbocycles. The number of carbonyl (C=O) groups is 1. The van der Waals surface area contributed by atoms with Gasteiger partial charge in [0.15, 0.2) is 5.82 Å². The highest BCUT2D eigenvalue weighted by atomic mass is 16.5. The Morgan fingerprint density at radius 3 is 2.77 bits per heavy atom. The number of benzene rings is 2. The predicted molar refractivity (Wildman–Crippen MR) is 99.0 cm³/mol. The first-order valence-electron chi connectivity index (χ1n) is 9.03. The average Bonchev–Trinajstić information content (AvgIpc) is 3.14. The molecule has 0 spiro atoms. The third-order valence-corrected chi connectivity index (χ3v) is 4.68. The molecular weight excluding hydrogens is 326 g/mol. The van der Waals surface area contributed by atoms with Gasteiger partial charge in [0.25, 0.3) is 0 Å². The molecule has 0 bridgehead atoms. The number of para-hydroxylation sites is 1. The summed E-state index contributed by atoms with van der Waals surface area (Å²) < 4.78 is 5.31. The van der Waals surface area contributed by atoms with E-state index < -0.39 is 0 Å². The van der Waals surface area contributed by atoms with E-state index in [-0.39, 0.29) is 5.91 Å². The third-order valence-electron chi connectivity index (χ3n) is 4.68. The first-order chi connectivity index (χ1) is 12.8. The smallest absolute Gasteiger partial charge is 0.227 e. The number of aromatic nitrogens is 2. The molecule has 0 atom stereocenters. The summed E-state index contributed by atoms with van der Waals surface area (Å²) in [6.45, 7) is 0.777. The molecule has 2 aromatic carbocycles. The Kier molecular flexibility index (Phi) is 4.78. The van der Waals surface area contributed by atoms with E-state index >= 15 is 0 Å². The summed E-state index contributed by atoms with van der Waals surface area (Å²) in [6, 6.07) is 18.2. The molecule has 132 valence electrons. The van der Waals surface area contributed by atoms with Gasteiger partial charge in [0.1, 0.15) is 0 Å². The number of carbonyl (C=O) groups excluding carboxylic acids is 1. The van der Waals surface area contributed by atoms with Crippen molar-refractivity contribution in [3.05, 3.63) is 77.4 Å². The average molecular weight is 347 g/mol. The number of hydrogen-bond donors (Lipinski definition) is 0. The fraction of sp³-hybridized carbons (Fsp3) is 0.286. The molecule has 26 heavy (non-hydrogen) atoms. The molecule has 3 aromatic rings. The Labute approximate surface area is 152 Å². The monoisotopic (exact) mass is 347 g/mol. The molecule has 0 aliphatic carbocycles. The van der Waals surface area contributed by atoms with Gasteiger partial charge >= 0.3 is 0 Å². The van der Waals surface area contributed by atoms with Gasteiger partial charge in [-0.3, -0.25) is 4.79 Å². The minimum Gasteiger partial charge on any atom is -0.339 e. The minimum atomic E-state index is 0.111. The summed E-state index contributed by atoms with van der Waals surface area (Å²) in [6.07, 6.45) is 3.52. The normalized spacial score (nSPS) is 13.5. The minimum absolute atomic E-state index is 0.111. The summed E-state index contributed by atoms with van der Waals surface area (Å²) in [5.41, 5.74) is 3.43. The Morgan fingerprint density at radius 1 is 1.08 bits per heavy atom. The molecule has 5 heteroatoms. The van der Waals surface area contributed by atoms with Crippen molar-refractivity contribution in [2.45, 2.75) is 32.1 Å². The molecule has 1 amide bonds. The van der Waals surface area contributed by atoms with Gasteiger partial charge in [0.05, 0.1) is 0 Å². The summed E-state index contributed by atoms with van der Waals surface area (Å²) in [5, 5.41) is 4.03. The van der Waals surface area contributed by atoms with Crippen molar-refractivity contribution < 1.29 is 9.32 Å². The van der Waals surface area contributed by atoms with E-state index in [1.807, 2.05) is 53.4 Å². The summed E-state index contributed by atoms with van der Waals surface area (Å²) >= 11 is 0. The van der Waals surface area contributed by atoms with E-state index in [0.29, 0.717) is 31.0 Å². The molecular formula is C21H21N3O2. The fourth-order valence-electron chi connectivity index (χ4n) is 3.38. The van der Waals surface area contributed by atoms with Gasteiger partial charge in [-0.05, 0) is 30.0 Å². The predicted octanol–water partition coefficient (Wildman–Crippen LogP) is 3.57. The van der Waals surface area contributed by atoms with Crippen LogP contribution >= 0.6 is 0 Å². The van der Waals surface area contributed by atoms with Crippen LogP contribution in [0.15, 0.2) is 59.1 Å². The van der Waals surface area contributed by atoms with Gasteiger partial charge in [0, 0.05) is 31.5 Å². The fourth-order valence-corrected chi connectivity index (χ4v) is 3.38. The molecule has 1 aliphatic rings. The number of aryl methyl sites for hydroxylation is 2. The lowest BCUT2D eigenvalue weighted by Crippen LogP contribution is -2.35. The van der Waals surface area contributed by atoms with E-state index in [0.717, 1.165) is 30.6 Å². The van der Waals surface area contributed by atoms with Crippen molar-refractivity contribution in [1.82, 2.24) is 10.1 Å². The van der Waals surface area contributed by atoms with Crippen LogP contribution in [0.5, 0.6) is 0 Å². The Hall–Kier alpha value is -2.95. The molecule has 5 nitrogen and oxygen atoms in total. The van der Waals surface area contributed by atoms with Crippen LogP contribution in [0.25, 0.3) is 0 Å². The Bertz CT molecular complexity index is 889. The Morgan fingerprint density at radius 2 is 1.88 bits per heavy atom. The van der Waals surface area contributed by atoms with Gasteiger partial charge in [-0.2, -0.15) is 4.98 Å². The first kappa shape index (κ1) is 16.5. The maximum absolute atomic E-state index is 12.7. The second-order valence-electron chi connectivity index (χ2n) is 6.54. The third kappa shape index (κ3) is 3.67. The van der Waals surface area contributed by atoms with Crippen LogP contribution in [0.1, 0.15) is 35.7 Å². The zero-order chi connectivity index (χ0) is 17.8. The van der Waals surface area contributed by atoms with Gasteiger partial charge in [0.2, 0.25) is 11.8 Å². The summed E-state index contributed by atoms with van der Waals surface area (Å²) in [4.78, 5) is 19.0. The lowest BCUT2D eigenvalue weighted by atomic mass is 10.0. The zero-order valence-electron chi connectivity index (χ0n) is 14.6. The van der Waals surface area contributed by atoms with Gasteiger partial charge < -0.3 is 9.42 Å². The highest BCUT2D eigenvalue weighted by Gasteiger charge is 2.22. The number of fused-ring (bicyclic) bond motifs is 1. The van der Waals surface area contributed by atoms with Crippen molar-refractivity contribution in [2.75, 3.05) is 11.4 Å². The summed E-state index contributed by atoms with van der Waals surface area (Å²) in [5.74, 6) is 1.29. The first-order valence-corrected chi connectivity index (χ1v) is 9.03. The SMILES string of the molecule is O=C(CCc1nc(Cc2ccccc2)no1)N1CCCc2ccccc21. The van der Waals surface area contributed by atoms with E-state index in [2.05, 4.69) is 16.2 Å². The molecule has 1 aromatic heterocycles. The van der Waals surface area contributed by atoms with Crippen LogP contribution < -0.4 is 4.90 Å². The van der Waals surface area contributed by atoms with Crippen molar-refractivity contribution >= 4 is 11.6 Å². The van der Waals surface area contributed by atoms with Gasteiger partial charge in [-0.25, -0.2) is 0 Å². The van der Waals surface area contributed by atoms with Crippen molar-refractivity contribution in [1.29, 1.82) is 0 Å². The molecule has 0 N–H and O–H groups in total. The zero-order valence-corrected chi connectivity index (χ0v) is 14.6. The number of hydrogen-bond acceptors (Lipinski definition) is 4. The lowest BCUT2D eigenvalue weighted by Gasteiger charge is -2.29. The van der Waals surface area contributed by atoms with Crippen LogP contribution in [0.2, 0.25) is 0 Å². The molecule has 0 saturated heterocycles. The number of rotatable bonds is 5. The topological polar surface area (TPSA) is 59.2 Å². The van der Waals surface area contributed by atoms with Crippen LogP contribution in [-0.2, 0) is 24.1 Å². The standard InChI is InChI=1S/C21H21N3O2/c25-21(24-14-6-10-17-9-4-5-11-18(17)24)13-12-20-22-19(23-26-20)15-16-7-2-1-3-8-16/h1-5,7-9,11H,6,10,12-15H2. The van der Waals surface area contributed by atoms with Crippen LogP contribution in [-0.4, -0.2) is 22.6 Å². The molecule has 0 unspecified atom stereocenters. The van der Waals surface area contributed by atoms with Gasteiger partial charge in [-0.1, -0.05) is 53.7 Å². The van der Waals surface area contributed by atoms with Crippen molar-refractivity contribution in [3.63, 3.8) is 0 Å². The van der Waals surface area contributed by atoms with Crippen LogP contribution in [0, 0.1) is 0 Å². The van der Waals surface area contributed by atoms with E-state index in [1.54, 1.807) is 0 Å². The second kappa shape index (κ2) is 7.52. The highest BCUT2D eigenvalue weighted by Crippen LogP contribution is 2.27. The van der Waals surface area contributed by atoms with E-state index in [4.69, 9.17) is 4.52 Å². The molecule has 1 aliphatic heterocycles. The van der Waals surface area contributed by atoms with Crippen molar-refractivity contribution in [2.24, 2.45) is 0 Å². The Balaban J connectivity index is 1.37. The molecule has 2 heterocycles. The van der Waals surface area contributed by atoms with E-state index in [1.165, 1.54) is 5.56 Å². The summed E-state index contributed by atoms with van der Waals surface area (Å²) in [7, 11) is 0. The quantitative estimate of drug-likeness (QED) is 0.708.